The Hall–Kier alpha value is -3.63. The van der Waals surface area contributed by atoms with E-state index in [1.165, 1.54) is 33.3 Å². The van der Waals surface area contributed by atoms with Crippen LogP contribution >= 0.6 is 0 Å². The van der Waals surface area contributed by atoms with Gasteiger partial charge >= 0.3 is 5.82 Å². The molecule has 0 atom stereocenters. The number of ether oxygens (including phenoxy) is 2. The average molecular weight is 363 g/mol. The van der Waals surface area contributed by atoms with E-state index < -0.39 is 16.7 Å². The highest BCUT2D eigenvalue weighted by atomic mass is 16.6. The predicted octanol–water partition coefficient (Wildman–Crippen LogP) is 0.578. The fraction of sp³-hybridized carbons (Fsp3) is 0.267. The van der Waals surface area contributed by atoms with E-state index in [1.54, 1.807) is 6.07 Å². The molecule has 2 N–H and O–H groups in total. The third-order valence-electron chi connectivity index (χ3n) is 3.49. The number of imidazole rings is 1. The van der Waals surface area contributed by atoms with Crippen molar-refractivity contribution in [3.63, 3.8) is 0 Å². The predicted molar refractivity (Wildman–Crippen MR) is 88.8 cm³/mol. The minimum absolute atomic E-state index is 0.179. The second-order valence-corrected chi connectivity index (χ2v) is 5.08. The van der Waals surface area contributed by atoms with Crippen LogP contribution in [0.4, 0.5) is 5.82 Å². The van der Waals surface area contributed by atoms with Gasteiger partial charge in [0.05, 0.1) is 19.8 Å². The summed E-state index contributed by atoms with van der Waals surface area (Å²) in [6.45, 7) is 1.16. The van der Waals surface area contributed by atoms with E-state index in [9.17, 15) is 19.7 Å². The number of hydrogen-bond acceptors (Lipinski definition) is 7. The van der Waals surface area contributed by atoms with E-state index in [-0.39, 0.29) is 23.7 Å². The first-order valence-electron chi connectivity index (χ1n) is 7.35. The zero-order chi connectivity index (χ0) is 19.3. The molecule has 2 rings (SSSR count). The Labute approximate surface area is 148 Å². The summed E-state index contributed by atoms with van der Waals surface area (Å²) < 4.78 is 11.3. The highest BCUT2D eigenvalue weighted by molar-refractivity contribution is 5.98. The second kappa shape index (κ2) is 7.96. The van der Waals surface area contributed by atoms with Crippen LogP contribution in [0.1, 0.15) is 16.2 Å². The van der Waals surface area contributed by atoms with Crippen molar-refractivity contribution in [2.45, 2.75) is 13.5 Å². The lowest BCUT2D eigenvalue weighted by atomic mass is 10.2. The fourth-order valence-corrected chi connectivity index (χ4v) is 2.16. The van der Waals surface area contributed by atoms with Crippen LogP contribution in [0.3, 0.4) is 0 Å². The van der Waals surface area contributed by atoms with E-state index in [0.29, 0.717) is 11.6 Å². The molecule has 0 aliphatic heterocycles. The number of carbonyl (C=O) groups excluding carboxylic acids is 2. The molecule has 0 unspecified atom stereocenters. The number of nitrogens with one attached hydrogen (secondary N) is 2. The standard InChI is InChI=1S/C15H17N5O6/c1-9-16-7-14(20(23)24)19(9)8-13(21)17-18-15(22)11-5-4-10(25-2)6-12(11)26-3/h4-7H,8H2,1-3H3,(H,17,21)(H,18,22). The Balaban J connectivity index is 2.03. The molecule has 138 valence electrons. The lowest BCUT2D eigenvalue weighted by Gasteiger charge is -2.11. The van der Waals surface area contributed by atoms with Gasteiger partial charge < -0.3 is 19.6 Å². The summed E-state index contributed by atoms with van der Waals surface area (Å²) >= 11 is 0. The maximum Gasteiger partial charge on any atom is 0.343 e. The molecule has 1 aromatic heterocycles. The Morgan fingerprint density at radius 1 is 1.27 bits per heavy atom. The molecule has 11 nitrogen and oxygen atoms in total. The smallest absolute Gasteiger partial charge is 0.343 e. The van der Waals surface area contributed by atoms with Gasteiger partial charge in [-0.15, -0.1) is 0 Å². The topological polar surface area (TPSA) is 138 Å². The average Bonchev–Trinajstić information content (AvgIpc) is 2.99. The molecule has 0 radical (unpaired) electrons. The minimum Gasteiger partial charge on any atom is -0.497 e. The van der Waals surface area contributed by atoms with Crippen LogP contribution in [0.25, 0.3) is 0 Å². The number of nitrogens with zero attached hydrogens (tertiary/aromatic N) is 3. The second-order valence-electron chi connectivity index (χ2n) is 5.08. The van der Waals surface area contributed by atoms with Gasteiger partial charge in [-0.25, -0.2) is 9.55 Å². The largest absolute Gasteiger partial charge is 0.497 e. The van der Waals surface area contributed by atoms with Gasteiger partial charge in [0, 0.05) is 13.0 Å². The summed E-state index contributed by atoms with van der Waals surface area (Å²) in [6, 6.07) is 4.57. The third-order valence-corrected chi connectivity index (χ3v) is 3.49. The van der Waals surface area contributed by atoms with Crippen molar-refractivity contribution in [2.24, 2.45) is 0 Å². The van der Waals surface area contributed by atoms with Gasteiger partial charge in [0.25, 0.3) is 11.8 Å². The molecule has 11 heteroatoms. The number of hydrazine groups is 1. The van der Waals surface area contributed by atoms with E-state index in [2.05, 4.69) is 15.8 Å². The molecular weight excluding hydrogens is 346 g/mol. The molecular formula is C15H17N5O6. The van der Waals surface area contributed by atoms with Crippen molar-refractivity contribution in [2.75, 3.05) is 14.2 Å². The lowest BCUT2D eigenvalue weighted by Crippen LogP contribution is -2.43. The number of benzene rings is 1. The number of nitro groups is 1. The van der Waals surface area contributed by atoms with Crippen LogP contribution < -0.4 is 20.3 Å². The fourth-order valence-electron chi connectivity index (χ4n) is 2.16. The molecule has 0 saturated heterocycles. The minimum atomic E-state index is -0.657. The third kappa shape index (κ3) is 4.06. The molecule has 2 aromatic rings. The van der Waals surface area contributed by atoms with Gasteiger partial charge in [-0.1, -0.05) is 0 Å². The Kier molecular flexibility index (Phi) is 5.73. The first kappa shape index (κ1) is 18.7. The quantitative estimate of drug-likeness (QED) is 0.565. The van der Waals surface area contributed by atoms with E-state index in [4.69, 9.17) is 9.47 Å². The van der Waals surface area contributed by atoms with Crippen molar-refractivity contribution in [3.05, 3.63) is 45.9 Å². The summed E-state index contributed by atoms with van der Waals surface area (Å²) in [5, 5.41) is 10.9. The van der Waals surface area contributed by atoms with Crippen molar-refractivity contribution in [3.8, 4) is 11.5 Å². The van der Waals surface area contributed by atoms with E-state index in [1.807, 2.05) is 0 Å². The molecule has 2 amide bonds. The number of hydrogen-bond donors (Lipinski definition) is 2. The van der Waals surface area contributed by atoms with Gasteiger partial charge in [-0.05, 0) is 17.1 Å². The van der Waals surface area contributed by atoms with Crippen LogP contribution in [0, 0.1) is 17.0 Å². The summed E-state index contributed by atoms with van der Waals surface area (Å²) in [5.74, 6) is -0.525. The maximum atomic E-state index is 12.2. The molecule has 0 aliphatic carbocycles. The first-order valence-corrected chi connectivity index (χ1v) is 7.35. The van der Waals surface area contributed by atoms with Gasteiger partial charge in [-0.3, -0.25) is 20.4 Å². The van der Waals surface area contributed by atoms with Gasteiger partial charge in [0.15, 0.2) is 12.4 Å². The van der Waals surface area contributed by atoms with Crippen molar-refractivity contribution >= 4 is 17.6 Å². The van der Waals surface area contributed by atoms with E-state index >= 15 is 0 Å². The van der Waals surface area contributed by atoms with Gasteiger partial charge in [0.2, 0.25) is 0 Å². The first-order chi connectivity index (χ1) is 12.4. The summed E-state index contributed by atoms with van der Waals surface area (Å²) in [5.41, 5.74) is 4.60. The highest BCUT2D eigenvalue weighted by Gasteiger charge is 2.21. The van der Waals surface area contributed by atoms with Crippen LogP contribution in [0.15, 0.2) is 24.4 Å². The van der Waals surface area contributed by atoms with Crippen LogP contribution in [-0.2, 0) is 11.3 Å². The maximum absolute atomic E-state index is 12.2. The number of aromatic nitrogens is 2. The Morgan fingerprint density at radius 3 is 2.62 bits per heavy atom. The molecule has 26 heavy (non-hydrogen) atoms. The lowest BCUT2D eigenvalue weighted by molar-refractivity contribution is -0.392. The molecule has 0 aliphatic rings. The molecule has 1 aromatic carbocycles. The van der Waals surface area contributed by atoms with Crippen LogP contribution in [0.5, 0.6) is 11.5 Å². The summed E-state index contributed by atoms with van der Waals surface area (Å²) in [6.07, 6.45) is 1.06. The normalized spacial score (nSPS) is 10.1. The van der Waals surface area contributed by atoms with Crippen molar-refractivity contribution in [1.29, 1.82) is 0 Å². The zero-order valence-electron chi connectivity index (χ0n) is 14.3. The molecule has 0 spiro atoms. The van der Waals surface area contributed by atoms with Crippen molar-refractivity contribution in [1.82, 2.24) is 20.4 Å². The molecule has 0 saturated carbocycles. The Morgan fingerprint density at radius 2 is 2.00 bits per heavy atom. The van der Waals surface area contributed by atoms with Gasteiger partial charge in [0.1, 0.15) is 17.7 Å². The number of carbonyl (C=O) groups is 2. The van der Waals surface area contributed by atoms with Crippen LogP contribution in [0.2, 0.25) is 0 Å². The Bertz CT molecular complexity index is 847. The number of methoxy groups -OCH3 is 2. The highest BCUT2D eigenvalue weighted by Crippen LogP contribution is 2.24. The number of aryl methyl sites for hydroxylation is 1. The van der Waals surface area contributed by atoms with Crippen LogP contribution in [-0.4, -0.2) is 40.5 Å². The van der Waals surface area contributed by atoms with E-state index in [0.717, 1.165) is 10.8 Å². The molecule has 0 bridgehead atoms. The summed E-state index contributed by atoms with van der Waals surface area (Å²) in [4.78, 5) is 38.2. The molecule has 1 heterocycles. The number of rotatable bonds is 6. The van der Waals surface area contributed by atoms with Gasteiger partial charge in [-0.2, -0.15) is 0 Å². The number of amides is 2. The monoisotopic (exact) mass is 363 g/mol. The summed E-state index contributed by atoms with van der Waals surface area (Å²) in [7, 11) is 2.87. The zero-order valence-corrected chi connectivity index (χ0v) is 14.3. The SMILES string of the molecule is COc1ccc(C(=O)NNC(=O)Cn2c([N+](=O)[O-])cnc2C)c(OC)c1. The molecule has 0 fully saturated rings. The van der Waals surface area contributed by atoms with Crippen molar-refractivity contribution < 1.29 is 24.0 Å².